The summed E-state index contributed by atoms with van der Waals surface area (Å²) < 4.78 is 4.21. The van der Waals surface area contributed by atoms with E-state index in [9.17, 15) is 0 Å². The molecule has 0 aromatic heterocycles. The van der Waals surface area contributed by atoms with Crippen molar-refractivity contribution in [2.24, 2.45) is 0 Å². The molecule has 1 nitrogen and oxygen atoms in total. The minimum absolute atomic E-state index is 1.13. The summed E-state index contributed by atoms with van der Waals surface area (Å²) in [5.74, 6) is 0. The Morgan fingerprint density at radius 3 is 3.18 bits per heavy atom. The second-order valence-electron chi connectivity index (χ2n) is 2.24. The van der Waals surface area contributed by atoms with Gasteiger partial charge in [-0.05, 0) is 41.8 Å². The molecule has 3 heteroatoms. The van der Waals surface area contributed by atoms with Crippen molar-refractivity contribution >= 4 is 34.0 Å². The molecule has 1 aromatic carbocycles. The normalized spacial score (nSPS) is 13.9. The summed E-state index contributed by atoms with van der Waals surface area (Å²) in [7, 11) is 0. The molecule has 11 heavy (non-hydrogen) atoms. The number of halogens is 1. The van der Waals surface area contributed by atoms with Crippen molar-refractivity contribution in [2.45, 2.75) is 4.90 Å². The molecule has 0 atom stereocenters. The number of nitrogens with one attached hydrogen (secondary N) is 1. The van der Waals surface area contributed by atoms with Crippen LogP contribution in [0.3, 0.4) is 0 Å². The number of hydrogen-bond donors (Lipinski definition) is 1. The van der Waals surface area contributed by atoms with E-state index >= 15 is 0 Å². The second-order valence-corrected chi connectivity index (χ2v) is 4.03. The Bertz CT molecular complexity index is 309. The molecule has 1 heterocycles. The van der Waals surface area contributed by atoms with Crippen molar-refractivity contribution in [3.8, 4) is 0 Å². The maximum atomic E-state index is 3.43. The molecule has 0 saturated heterocycles. The van der Waals surface area contributed by atoms with Gasteiger partial charge in [0.2, 0.25) is 0 Å². The highest BCUT2D eigenvalue weighted by Gasteiger charge is 2.03. The van der Waals surface area contributed by atoms with E-state index < -0.39 is 0 Å². The maximum absolute atomic E-state index is 3.43. The van der Waals surface area contributed by atoms with Crippen molar-refractivity contribution in [2.75, 3.05) is 0 Å². The quantitative estimate of drug-likeness (QED) is 0.685. The fourth-order valence-electron chi connectivity index (χ4n) is 0.964. The molecule has 0 bridgehead atoms. The Hall–Kier alpha value is -0.410. The molecule has 1 N–H and O–H groups in total. The summed E-state index contributed by atoms with van der Waals surface area (Å²) in [6, 6.07) is 6.26. The topological polar surface area (TPSA) is 12.0 Å². The zero-order valence-electron chi connectivity index (χ0n) is 5.67. The molecule has 0 saturated carbocycles. The molecule has 0 fully saturated rings. The predicted molar refractivity (Wildman–Crippen MR) is 52.2 cm³/mol. The smallest absolute Gasteiger partial charge is 0.0358 e. The van der Waals surface area contributed by atoms with Gasteiger partial charge in [-0.15, -0.1) is 0 Å². The first kappa shape index (κ1) is 7.25. The number of rotatable bonds is 0. The van der Waals surface area contributed by atoms with E-state index in [-0.39, 0.29) is 0 Å². The summed E-state index contributed by atoms with van der Waals surface area (Å²) in [5, 5.41) is 0. The van der Waals surface area contributed by atoms with Crippen LogP contribution in [0.25, 0.3) is 6.08 Å². The number of fused-ring (bicyclic) bond motifs is 1. The highest BCUT2D eigenvalue weighted by atomic mass is 79.9. The second kappa shape index (κ2) is 2.91. The van der Waals surface area contributed by atoms with Gasteiger partial charge in [0.1, 0.15) is 0 Å². The Balaban J connectivity index is 2.54. The Kier molecular flexibility index (Phi) is 1.92. The molecule has 56 valence electrons. The lowest BCUT2D eigenvalue weighted by atomic mass is 10.2. The van der Waals surface area contributed by atoms with Gasteiger partial charge >= 0.3 is 0 Å². The van der Waals surface area contributed by atoms with Crippen molar-refractivity contribution in [1.29, 1.82) is 0 Å². The van der Waals surface area contributed by atoms with Crippen LogP contribution in [0.5, 0.6) is 0 Å². The monoisotopic (exact) mass is 227 g/mol. The van der Waals surface area contributed by atoms with Crippen LogP contribution in [0.15, 0.2) is 33.8 Å². The van der Waals surface area contributed by atoms with Crippen molar-refractivity contribution < 1.29 is 0 Å². The van der Waals surface area contributed by atoms with Crippen LogP contribution in [0, 0.1) is 0 Å². The SMILES string of the molecule is Brc1ccc2c(c1)C=CNS2. The molecule has 2 rings (SSSR count). The van der Waals surface area contributed by atoms with Crippen LogP contribution >= 0.6 is 27.9 Å². The van der Waals surface area contributed by atoms with Crippen molar-refractivity contribution in [3.05, 3.63) is 34.4 Å². The van der Waals surface area contributed by atoms with E-state index in [1.54, 1.807) is 11.9 Å². The van der Waals surface area contributed by atoms with E-state index in [4.69, 9.17) is 0 Å². The third-order valence-electron chi connectivity index (χ3n) is 1.47. The first-order valence-corrected chi connectivity index (χ1v) is 4.86. The van der Waals surface area contributed by atoms with Gasteiger partial charge in [0.05, 0.1) is 0 Å². The molecule has 1 aliphatic rings. The Labute approximate surface area is 78.1 Å². The van der Waals surface area contributed by atoms with Gasteiger partial charge in [-0.3, -0.25) is 0 Å². The van der Waals surface area contributed by atoms with Crippen molar-refractivity contribution in [3.63, 3.8) is 0 Å². The van der Waals surface area contributed by atoms with Gasteiger partial charge in [0, 0.05) is 15.6 Å². The highest BCUT2D eigenvalue weighted by Crippen LogP contribution is 2.27. The lowest BCUT2D eigenvalue weighted by Crippen LogP contribution is -1.97. The van der Waals surface area contributed by atoms with Crippen LogP contribution in [0.4, 0.5) is 0 Å². The van der Waals surface area contributed by atoms with Crippen LogP contribution in [-0.4, -0.2) is 0 Å². The molecular formula is C8H6BrNS. The Morgan fingerprint density at radius 1 is 1.36 bits per heavy atom. The summed E-state index contributed by atoms with van der Waals surface area (Å²) in [5.41, 5.74) is 1.27. The van der Waals surface area contributed by atoms with E-state index in [1.165, 1.54) is 10.5 Å². The van der Waals surface area contributed by atoms with Gasteiger partial charge in [0.25, 0.3) is 0 Å². The molecule has 0 radical (unpaired) electrons. The zero-order valence-corrected chi connectivity index (χ0v) is 8.08. The largest absolute Gasteiger partial charge is 0.332 e. The zero-order chi connectivity index (χ0) is 7.68. The molecule has 1 aromatic rings. The number of benzene rings is 1. The van der Waals surface area contributed by atoms with Gasteiger partial charge in [-0.1, -0.05) is 15.9 Å². The summed E-state index contributed by atoms with van der Waals surface area (Å²) in [6.07, 6.45) is 4.01. The van der Waals surface area contributed by atoms with Gasteiger partial charge < -0.3 is 4.72 Å². The summed E-state index contributed by atoms with van der Waals surface area (Å²) in [4.78, 5) is 1.27. The molecule has 0 amide bonds. The first-order chi connectivity index (χ1) is 5.36. The van der Waals surface area contributed by atoms with E-state index in [1.807, 2.05) is 12.3 Å². The standard InChI is InChI=1S/C8H6BrNS/c9-7-1-2-8-6(5-7)3-4-10-11-8/h1-5,10H. The van der Waals surface area contributed by atoms with Crippen LogP contribution in [-0.2, 0) is 0 Å². The van der Waals surface area contributed by atoms with Crippen LogP contribution < -0.4 is 4.72 Å². The third-order valence-corrected chi connectivity index (χ3v) is 2.81. The van der Waals surface area contributed by atoms with Crippen molar-refractivity contribution in [1.82, 2.24) is 4.72 Å². The van der Waals surface area contributed by atoms with Gasteiger partial charge in [0.15, 0.2) is 0 Å². The van der Waals surface area contributed by atoms with Gasteiger partial charge in [-0.2, -0.15) is 0 Å². The van der Waals surface area contributed by atoms with E-state index in [0.29, 0.717) is 0 Å². The number of hydrogen-bond acceptors (Lipinski definition) is 2. The lowest BCUT2D eigenvalue weighted by molar-refractivity contribution is 1.31. The third kappa shape index (κ3) is 1.44. The average molecular weight is 228 g/mol. The first-order valence-electron chi connectivity index (χ1n) is 3.25. The van der Waals surface area contributed by atoms with E-state index in [2.05, 4.69) is 38.9 Å². The molecule has 0 spiro atoms. The fourth-order valence-corrected chi connectivity index (χ4v) is 1.99. The van der Waals surface area contributed by atoms with Crippen LogP contribution in [0.2, 0.25) is 0 Å². The fraction of sp³-hybridized carbons (Fsp3) is 0. The molecule has 0 unspecified atom stereocenters. The van der Waals surface area contributed by atoms with Crippen LogP contribution in [0.1, 0.15) is 5.56 Å². The van der Waals surface area contributed by atoms with E-state index in [0.717, 1.165) is 4.47 Å². The average Bonchev–Trinajstić information content (AvgIpc) is 2.04. The highest BCUT2D eigenvalue weighted by molar-refractivity contribution is 9.10. The molecule has 0 aliphatic carbocycles. The summed E-state index contributed by atoms with van der Waals surface area (Å²) in [6.45, 7) is 0. The molecule has 1 aliphatic heterocycles. The molecular weight excluding hydrogens is 222 g/mol. The van der Waals surface area contributed by atoms with Gasteiger partial charge in [-0.25, -0.2) is 0 Å². The summed E-state index contributed by atoms with van der Waals surface area (Å²) >= 11 is 5.07. The minimum Gasteiger partial charge on any atom is -0.332 e. The lowest BCUT2D eigenvalue weighted by Gasteiger charge is -2.09. The predicted octanol–water partition coefficient (Wildman–Crippen LogP) is 3.03. The minimum atomic E-state index is 1.13. The maximum Gasteiger partial charge on any atom is 0.0358 e. The Morgan fingerprint density at radius 2 is 2.27 bits per heavy atom.